The molecule has 0 atom stereocenters. The van der Waals surface area contributed by atoms with Crippen LogP contribution < -0.4 is 5.73 Å². The molecule has 0 radical (unpaired) electrons. The Morgan fingerprint density at radius 1 is 0.889 bits per heavy atom. The van der Waals surface area contributed by atoms with Crippen LogP contribution >= 0.6 is 0 Å². The SMILES string of the molecule is CCCc1ccc(-c2ccc(N)c(C)c2)cc1C. The molecule has 1 heteroatoms. The first-order valence-corrected chi connectivity index (χ1v) is 6.58. The number of hydrogen-bond donors (Lipinski definition) is 1. The summed E-state index contributed by atoms with van der Waals surface area (Å²) >= 11 is 0. The molecule has 0 fully saturated rings. The van der Waals surface area contributed by atoms with E-state index in [1.54, 1.807) is 0 Å². The van der Waals surface area contributed by atoms with Gasteiger partial charge in [0.05, 0.1) is 0 Å². The van der Waals surface area contributed by atoms with E-state index in [4.69, 9.17) is 5.73 Å². The molecule has 0 bridgehead atoms. The summed E-state index contributed by atoms with van der Waals surface area (Å²) in [6, 6.07) is 13.0. The summed E-state index contributed by atoms with van der Waals surface area (Å²) in [6.07, 6.45) is 2.36. The minimum absolute atomic E-state index is 0.859. The maximum Gasteiger partial charge on any atom is 0.0344 e. The third kappa shape index (κ3) is 2.56. The lowest BCUT2D eigenvalue weighted by Gasteiger charge is -2.09. The van der Waals surface area contributed by atoms with Crippen molar-refractivity contribution in [1.29, 1.82) is 0 Å². The lowest BCUT2D eigenvalue weighted by Crippen LogP contribution is -1.92. The number of hydrogen-bond acceptors (Lipinski definition) is 1. The van der Waals surface area contributed by atoms with E-state index in [1.807, 2.05) is 6.07 Å². The highest BCUT2D eigenvalue weighted by molar-refractivity contribution is 5.68. The molecule has 18 heavy (non-hydrogen) atoms. The molecule has 94 valence electrons. The van der Waals surface area contributed by atoms with E-state index in [0.29, 0.717) is 0 Å². The molecule has 0 saturated heterocycles. The van der Waals surface area contributed by atoms with Crippen LogP contribution in [0.4, 0.5) is 5.69 Å². The van der Waals surface area contributed by atoms with Crippen LogP contribution in [0.5, 0.6) is 0 Å². The number of anilines is 1. The number of rotatable bonds is 3. The van der Waals surface area contributed by atoms with Crippen molar-refractivity contribution in [2.75, 3.05) is 5.73 Å². The zero-order chi connectivity index (χ0) is 13.1. The van der Waals surface area contributed by atoms with Gasteiger partial charge in [-0.2, -0.15) is 0 Å². The normalized spacial score (nSPS) is 10.6. The molecule has 0 spiro atoms. The molecule has 2 N–H and O–H groups in total. The van der Waals surface area contributed by atoms with Gasteiger partial charge in [-0.1, -0.05) is 37.6 Å². The average molecular weight is 239 g/mol. The molecular formula is C17H21N. The van der Waals surface area contributed by atoms with Gasteiger partial charge in [0.2, 0.25) is 0 Å². The maximum absolute atomic E-state index is 5.86. The Balaban J connectivity index is 2.39. The fourth-order valence-corrected chi connectivity index (χ4v) is 2.28. The Kier molecular flexibility index (Phi) is 3.71. The molecule has 0 heterocycles. The van der Waals surface area contributed by atoms with Crippen LogP contribution in [0, 0.1) is 13.8 Å². The van der Waals surface area contributed by atoms with Crippen molar-refractivity contribution in [3.05, 3.63) is 53.1 Å². The van der Waals surface area contributed by atoms with Crippen molar-refractivity contribution in [3.63, 3.8) is 0 Å². The fourth-order valence-electron chi connectivity index (χ4n) is 2.28. The van der Waals surface area contributed by atoms with E-state index in [1.165, 1.54) is 28.7 Å². The Morgan fingerprint density at radius 3 is 2.06 bits per heavy atom. The van der Waals surface area contributed by atoms with E-state index in [9.17, 15) is 0 Å². The van der Waals surface area contributed by atoms with E-state index in [0.717, 1.165) is 17.7 Å². The summed E-state index contributed by atoms with van der Waals surface area (Å²) in [5, 5.41) is 0. The first kappa shape index (κ1) is 12.7. The highest BCUT2D eigenvalue weighted by Crippen LogP contribution is 2.25. The molecule has 0 unspecified atom stereocenters. The highest BCUT2D eigenvalue weighted by atomic mass is 14.5. The predicted octanol–water partition coefficient (Wildman–Crippen LogP) is 4.51. The smallest absolute Gasteiger partial charge is 0.0344 e. The third-order valence-corrected chi connectivity index (χ3v) is 3.47. The van der Waals surface area contributed by atoms with Gasteiger partial charge in [0.15, 0.2) is 0 Å². The summed E-state index contributed by atoms with van der Waals surface area (Å²) < 4.78 is 0. The summed E-state index contributed by atoms with van der Waals surface area (Å²) in [7, 11) is 0. The molecule has 0 aliphatic rings. The van der Waals surface area contributed by atoms with Gasteiger partial charge in [-0.05, 0) is 60.2 Å². The monoisotopic (exact) mass is 239 g/mol. The second-order valence-corrected chi connectivity index (χ2v) is 4.96. The van der Waals surface area contributed by atoms with Crippen molar-refractivity contribution in [1.82, 2.24) is 0 Å². The minimum atomic E-state index is 0.859. The van der Waals surface area contributed by atoms with Gasteiger partial charge in [-0.25, -0.2) is 0 Å². The van der Waals surface area contributed by atoms with Gasteiger partial charge in [-0.3, -0.25) is 0 Å². The molecular weight excluding hydrogens is 218 g/mol. The molecule has 2 aromatic rings. The Bertz CT molecular complexity index is 556. The van der Waals surface area contributed by atoms with Crippen molar-refractivity contribution >= 4 is 5.69 Å². The van der Waals surface area contributed by atoms with Crippen LogP contribution in [0.2, 0.25) is 0 Å². The molecule has 2 aromatic carbocycles. The molecule has 0 aromatic heterocycles. The van der Waals surface area contributed by atoms with Crippen molar-refractivity contribution in [3.8, 4) is 11.1 Å². The van der Waals surface area contributed by atoms with E-state index < -0.39 is 0 Å². The van der Waals surface area contributed by atoms with Crippen molar-refractivity contribution in [2.45, 2.75) is 33.6 Å². The van der Waals surface area contributed by atoms with E-state index in [2.05, 4.69) is 51.1 Å². The van der Waals surface area contributed by atoms with Gasteiger partial charge in [0, 0.05) is 5.69 Å². The van der Waals surface area contributed by atoms with Gasteiger partial charge in [0.1, 0.15) is 0 Å². The maximum atomic E-state index is 5.86. The largest absolute Gasteiger partial charge is 0.399 e. The van der Waals surface area contributed by atoms with Gasteiger partial charge in [-0.15, -0.1) is 0 Å². The summed E-state index contributed by atoms with van der Waals surface area (Å²) in [6.45, 7) is 6.46. The zero-order valence-corrected chi connectivity index (χ0v) is 11.5. The Hall–Kier alpha value is -1.76. The van der Waals surface area contributed by atoms with Crippen LogP contribution in [0.1, 0.15) is 30.0 Å². The highest BCUT2D eigenvalue weighted by Gasteiger charge is 2.03. The quantitative estimate of drug-likeness (QED) is 0.784. The topological polar surface area (TPSA) is 26.0 Å². The van der Waals surface area contributed by atoms with Gasteiger partial charge >= 0.3 is 0 Å². The second-order valence-electron chi connectivity index (χ2n) is 4.96. The van der Waals surface area contributed by atoms with Crippen LogP contribution in [0.3, 0.4) is 0 Å². The van der Waals surface area contributed by atoms with Crippen LogP contribution in [-0.2, 0) is 6.42 Å². The van der Waals surface area contributed by atoms with Crippen LogP contribution in [0.15, 0.2) is 36.4 Å². The molecule has 0 aliphatic heterocycles. The second kappa shape index (κ2) is 5.26. The molecule has 2 rings (SSSR count). The Morgan fingerprint density at radius 2 is 1.50 bits per heavy atom. The molecule has 0 amide bonds. The van der Waals surface area contributed by atoms with Crippen LogP contribution in [0.25, 0.3) is 11.1 Å². The number of nitrogen functional groups attached to an aromatic ring is 1. The molecule has 1 nitrogen and oxygen atoms in total. The van der Waals surface area contributed by atoms with Crippen molar-refractivity contribution < 1.29 is 0 Å². The first-order chi connectivity index (χ1) is 8.61. The number of aryl methyl sites for hydroxylation is 3. The van der Waals surface area contributed by atoms with Crippen LogP contribution in [-0.4, -0.2) is 0 Å². The lowest BCUT2D eigenvalue weighted by molar-refractivity contribution is 0.913. The van der Waals surface area contributed by atoms with Crippen molar-refractivity contribution in [2.24, 2.45) is 0 Å². The van der Waals surface area contributed by atoms with E-state index >= 15 is 0 Å². The number of benzene rings is 2. The summed E-state index contributed by atoms with van der Waals surface area (Å²) in [4.78, 5) is 0. The third-order valence-electron chi connectivity index (χ3n) is 3.47. The van der Waals surface area contributed by atoms with E-state index in [-0.39, 0.29) is 0 Å². The summed E-state index contributed by atoms with van der Waals surface area (Å²) in [5.74, 6) is 0. The van der Waals surface area contributed by atoms with Gasteiger partial charge in [0.25, 0.3) is 0 Å². The average Bonchev–Trinajstić information content (AvgIpc) is 2.35. The minimum Gasteiger partial charge on any atom is -0.399 e. The van der Waals surface area contributed by atoms with Gasteiger partial charge < -0.3 is 5.73 Å². The predicted molar refractivity (Wildman–Crippen MR) is 79.8 cm³/mol. The number of nitrogens with two attached hydrogens (primary N) is 1. The fraction of sp³-hybridized carbons (Fsp3) is 0.294. The zero-order valence-electron chi connectivity index (χ0n) is 11.5. The first-order valence-electron chi connectivity index (χ1n) is 6.58. The lowest BCUT2D eigenvalue weighted by atomic mass is 9.96. The summed E-state index contributed by atoms with van der Waals surface area (Å²) in [5.41, 5.74) is 13.2. The molecule has 0 aliphatic carbocycles. The Labute approximate surface area is 110 Å². The molecule has 0 saturated carbocycles. The standard InChI is InChI=1S/C17H21N/c1-4-5-14-6-7-15(10-12(14)2)16-8-9-17(18)13(3)11-16/h6-11H,4-5,18H2,1-3H3.